The Balaban J connectivity index is 1.96. The van der Waals surface area contributed by atoms with Crippen molar-refractivity contribution in [3.05, 3.63) is 29.8 Å². The third kappa shape index (κ3) is 1.69. The highest BCUT2D eigenvalue weighted by Crippen LogP contribution is 2.39. The molecule has 1 aliphatic heterocycles. The molecular weight excluding hydrogens is 218 g/mol. The first kappa shape index (κ1) is 10.3. The van der Waals surface area contributed by atoms with E-state index < -0.39 is 6.04 Å². The van der Waals surface area contributed by atoms with E-state index in [2.05, 4.69) is 0 Å². The first-order chi connectivity index (χ1) is 8.16. The van der Waals surface area contributed by atoms with Gasteiger partial charge in [-0.3, -0.25) is 9.59 Å². The van der Waals surface area contributed by atoms with Crippen molar-refractivity contribution in [3.63, 3.8) is 0 Å². The van der Waals surface area contributed by atoms with Crippen molar-refractivity contribution in [2.75, 3.05) is 0 Å². The molecule has 1 saturated carbocycles. The number of carbonyl (C=O) groups excluding carboxylic acids is 2. The Bertz CT molecular complexity index is 476. The maximum atomic E-state index is 11.9. The molecule has 1 unspecified atom stereocenters. The number of phenolic OH excluding ortho intramolecular Hbond substituents is 1. The molecule has 1 atom stereocenters. The number of carbonyl (C=O) groups is 2. The van der Waals surface area contributed by atoms with Crippen molar-refractivity contribution in [1.29, 1.82) is 0 Å². The number of hydrogen-bond donors (Lipinski definition) is 1. The average Bonchev–Trinajstić information content (AvgIpc) is 3.07. The molecular formula is C13H13NO3. The zero-order chi connectivity index (χ0) is 12.0. The molecule has 0 spiro atoms. The Hall–Kier alpha value is -1.84. The van der Waals surface area contributed by atoms with Gasteiger partial charge in [-0.1, -0.05) is 12.1 Å². The van der Waals surface area contributed by atoms with Crippen molar-refractivity contribution >= 4 is 11.7 Å². The molecule has 1 saturated heterocycles. The average molecular weight is 231 g/mol. The van der Waals surface area contributed by atoms with Crippen LogP contribution in [-0.4, -0.2) is 27.7 Å². The molecule has 4 heteroatoms. The van der Waals surface area contributed by atoms with Crippen LogP contribution in [0.2, 0.25) is 0 Å². The monoisotopic (exact) mass is 231 g/mol. The van der Waals surface area contributed by atoms with E-state index in [1.807, 2.05) is 0 Å². The van der Waals surface area contributed by atoms with Crippen molar-refractivity contribution in [1.82, 2.24) is 4.90 Å². The molecule has 88 valence electrons. The van der Waals surface area contributed by atoms with Crippen LogP contribution in [0.1, 0.15) is 30.9 Å². The van der Waals surface area contributed by atoms with Gasteiger partial charge in [-0.05, 0) is 30.5 Å². The van der Waals surface area contributed by atoms with Crippen molar-refractivity contribution < 1.29 is 14.7 Å². The van der Waals surface area contributed by atoms with Crippen LogP contribution in [0.15, 0.2) is 24.3 Å². The number of amides is 1. The number of hydrogen-bond acceptors (Lipinski definition) is 3. The topological polar surface area (TPSA) is 57.6 Å². The van der Waals surface area contributed by atoms with Gasteiger partial charge in [-0.25, -0.2) is 0 Å². The van der Waals surface area contributed by atoms with Crippen LogP contribution in [0.4, 0.5) is 0 Å². The third-order valence-corrected chi connectivity index (χ3v) is 3.35. The fourth-order valence-electron chi connectivity index (χ4n) is 2.41. The molecule has 1 amide bonds. The predicted octanol–water partition coefficient (Wildman–Crippen LogP) is 1.40. The lowest BCUT2D eigenvalue weighted by molar-refractivity contribution is -0.129. The number of nitrogens with zero attached hydrogens (tertiary/aromatic N) is 1. The second-order valence-electron chi connectivity index (χ2n) is 4.67. The Labute approximate surface area is 98.9 Å². The summed E-state index contributed by atoms with van der Waals surface area (Å²) < 4.78 is 0. The van der Waals surface area contributed by atoms with E-state index in [-0.39, 0.29) is 29.9 Å². The molecule has 3 rings (SSSR count). The SMILES string of the molecule is O=C1CC(=O)N(C2CC2)C1c1ccc(O)cc1. The lowest BCUT2D eigenvalue weighted by Crippen LogP contribution is -2.31. The van der Waals surface area contributed by atoms with Gasteiger partial charge in [-0.15, -0.1) is 0 Å². The van der Waals surface area contributed by atoms with E-state index in [9.17, 15) is 14.7 Å². The Morgan fingerprint density at radius 1 is 1.12 bits per heavy atom. The number of likely N-dealkylation sites (tertiary alicyclic amines) is 1. The van der Waals surface area contributed by atoms with Gasteiger partial charge in [0.2, 0.25) is 5.91 Å². The van der Waals surface area contributed by atoms with Crippen LogP contribution in [0.3, 0.4) is 0 Å². The first-order valence-electron chi connectivity index (χ1n) is 5.79. The molecule has 1 aliphatic carbocycles. The number of phenols is 1. The molecule has 17 heavy (non-hydrogen) atoms. The summed E-state index contributed by atoms with van der Waals surface area (Å²) in [6.45, 7) is 0. The molecule has 2 fully saturated rings. The summed E-state index contributed by atoms with van der Waals surface area (Å²) in [6.07, 6.45) is 2.00. The van der Waals surface area contributed by atoms with Crippen LogP contribution in [0.25, 0.3) is 0 Å². The van der Waals surface area contributed by atoms with Gasteiger partial charge in [0.1, 0.15) is 11.8 Å². The van der Waals surface area contributed by atoms with Crippen LogP contribution < -0.4 is 0 Å². The van der Waals surface area contributed by atoms with E-state index in [1.165, 1.54) is 0 Å². The number of aromatic hydroxyl groups is 1. The first-order valence-corrected chi connectivity index (χ1v) is 5.79. The second-order valence-corrected chi connectivity index (χ2v) is 4.67. The summed E-state index contributed by atoms with van der Waals surface area (Å²) >= 11 is 0. The van der Waals surface area contributed by atoms with Gasteiger partial charge in [0.25, 0.3) is 0 Å². The lowest BCUT2D eigenvalue weighted by atomic mass is 10.0. The maximum Gasteiger partial charge on any atom is 0.231 e. The minimum atomic E-state index is -0.435. The molecule has 1 aromatic carbocycles. The smallest absolute Gasteiger partial charge is 0.231 e. The van der Waals surface area contributed by atoms with Crippen LogP contribution >= 0.6 is 0 Å². The largest absolute Gasteiger partial charge is 0.508 e. The quantitative estimate of drug-likeness (QED) is 0.783. The molecule has 2 aliphatic rings. The maximum absolute atomic E-state index is 11.9. The van der Waals surface area contributed by atoms with Crippen molar-refractivity contribution in [2.45, 2.75) is 31.3 Å². The van der Waals surface area contributed by atoms with E-state index in [1.54, 1.807) is 29.2 Å². The Kier molecular flexibility index (Phi) is 2.18. The Morgan fingerprint density at radius 3 is 2.35 bits per heavy atom. The molecule has 0 bridgehead atoms. The van der Waals surface area contributed by atoms with Crippen LogP contribution in [0, 0.1) is 0 Å². The standard InChI is InChI=1S/C13H13NO3/c15-10-5-1-8(2-6-10)13-11(16)7-12(17)14(13)9-3-4-9/h1-2,5-6,9,13,15H,3-4,7H2. The summed E-state index contributed by atoms with van der Waals surface area (Å²) in [4.78, 5) is 25.4. The summed E-state index contributed by atoms with van der Waals surface area (Å²) in [6, 6.07) is 6.34. The number of ketones is 1. The molecule has 1 aromatic rings. The molecule has 1 heterocycles. The minimum Gasteiger partial charge on any atom is -0.508 e. The normalized spacial score (nSPS) is 24.5. The fourth-order valence-corrected chi connectivity index (χ4v) is 2.41. The predicted molar refractivity (Wildman–Crippen MR) is 60.3 cm³/mol. The molecule has 0 aromatic heterocycles. The highest BCUT2D eigenvalue weighted by molar-refractivity contribution is 6.08. The Morgan fingerprint density at radius 2 is 1.76 bits per heavy atom. The van der Waals surface area contributed by atoms with Gasteiger partial charge in [0.05, 0.1) is 6.42 Å². The van der Waals surface area contributed by atoms with Crippen molar-refractivity contribution in [3.8, 4) is 5.75 Å². The van der Waals surface area contributed by atoms with E-state index in [4.69, 9.17) is 0 Å². The van der Waals surface area contributed by atoms with Gasteiger partial charge < -0.3 is 10.0 Å². The lowest BCUT2D eigenvalue weighted by Gasteiger charge is -2.23. The van der Waals surface area contributed by atoms with Crippen LogP contribution in [-0.2, 0) is 9.59 Å². The molecule has 1 N–H and O–H groups in total. The summed E-state index contributed by atoms with van der Waals surface area (Å²) in [5.74, 6) is 0.0756. The minimum absolute atomic E-state index is 0.0159. The highest BCUT2D eigenvalue weighted by Gasteiger charge is 2.46. The second kappa shape index (κ2) is 3.58. The van der Waals surface area contributed by atoms with Crippen LogP contribution in [0.5, 0.6) is 5.75 Å². The highest BCUT2D eigenvalue weighted by atomic mass is 16.3. The van der Waals surface area contributed by atoms with Gasteiger partial charge >= 0.3 is 0 Å². The summed E-state index contributed by atoms with van der Waals surface area (Å²) in [5, 5.41) is 9.24. The zero-order valence-electron chi connectivity index (χ0n) is 9.30. The molecule has 4 nitrogen and oxygen atoms in total. The zero-order valence-corrected chi connectivity index (χ0v) is 9.30. The number of rotatable bonds is 2. The number of benzene rings is 1. The van der Waals surface area contributed by atoms with E-state index in [0.717, 1.165) is 18.4 Å². The van der Waals surface area contributed by atoms with Gasteiger partial charge in [0.15, 0.2) is 5.78 Å². The third-order valence-electron chi connectivity index (χ3n) is 3.35. The van der Waals surface area contributed by atoms with Gasteiger partial charge in [-0.2, -0.15) is 0 Å². The van der Waals surface area contributed by atoms with Crippen molar-refractivity contribution in [2.24, 2.45) is 0 Å². The number of Topliss-reactive ketones (excluding diaryl/α,β-unsaturated/α-hetero) is 1. The summed E-state index contributed by atoms with van der Waals surface area (Å²) in [7, 11) is 0. The summed E-state index contributed by atoms with van der Waals surface area (Å²) in [5.41, 5.74) is 0.797. The molecule has 0 radical (unpaired) electrons. The fraction of sp³-hybridized carbons (Fsp3) is 0.385. The van der Waals surface area contributed by atoms with Gasteiger partial charge in [0, 0.05) is 6.04 Å². The van der Waals surface area contributed by atoms with E-state index in [0.29, 0.717) is 0 Å². The van der Waals surface area contributed by atoms with E-state index >= 15 is 0 Å².